The van der Waals surface area contributed by atoms with E-state index >= 15 is 0 Å². The monoisotopic (exact) mass is 296 g/mol. The second-order valence-corrected chi connectivity index (χ2v) is 6.12. The van der Waals surface area contributed by atoms with Crippen LogP contribution in [0.2, 0.25) is 5.02 Å². The fourth-order valence-corrected chi connectivity index (χ4v) is 2.72. The quantitative estimate of drug-likeness (QED) is 0.901. The molecule has 0 bridgehead atoms. The van der Waals surface area contributed by atoms with Gasteiger partial charge in [-0.3, -0.25) is 4.79 Å². The van der Waals surface area contributed by atoms with Crippen LogP contribution in [0.1, 0.15) is 37.0 Å². The zero-order chi connectivity index (χ0) is 14.8. The van der Waals surface area contributed by atoms with Crippen molar-refractivity contribution in [2.75, 3.05) is 19.0 Å². The zero-order valence-corrected chi connectivity index (χ0v) is 12.9. The van der Waals surface area contributed by atoms with Gasteiger partial charge in [-0.15, -0.1) is 0 Å². The molecule has 1 amide bonds. The fraction of sp³-hybridized carbons (Fsp3) is 0.533. The minimum absolute atomic E-state index is 0.105. The molecule has 0 radical (unpaired) electrons. The van der Waals surface area contributed by atoms with Crippen LogP contribution in [-0.2, 0) is 4.74 Å². The molecule has 1 fully saturated rings. The number of carbonyl (C=O) groups excluding carboxylic acids is 1. The molecule has 1 heterocycles. The van der Waals surface area contributed by atoms with E-state index in [2.05, 4.69) is 24.5 Å². The van der Waals surface area contributed by atoms with Gasteiger partial charge in [0.25, 0.3) is 5.91 Å². The molecule has 2 N–H and O–H groups in total. The maximum atomic E-state index is 11.7. The van der Waals surface area contributed by atoms with Gasteiger partial charge >= 0.3 is 0 Å². The Morgan fingerprint density at radius 1 is 1.45 bits per heavy atom. The molecule has 1 saturated heterocycles. The van der Waals surface area contributed by atoms with Gasteiger partial charge in [-0.05, 0) is 44.9 Å². The third kappa shape index (κ3) is 3.64. The average molecular weight is 297 g/mol. The molecule has 0 spiro atoms. The predicted octanol–water partition coefficient (Wildman–Crippen LogP) is 3.07. The van der Waals surface area contributed by atoms with Gasteiger partial charge in [-0.2, -0.15) is 0 Å². The fourth-order valence-electron chi connectivity index (χ4n) is 2.51. The number of anilines is 1. The highest BCUT2D eigenvalue weighted by Crippen LogP contribution is 2.27. The first-order chi connectivity index (χ1) is 9.41. The van der Waals surface area contributed by atoms with Crippen molar-refractivity contribution in [2.24, 2.45) is 0 Å². The number of hydrogen-bond donors (Lipinski definition) is 2. The molecule has 1 aliphatic heterocycles. The third-order valence-electron chi connectivity index (χ3n) is 3.51. The van der Waals surface area contributed by atoms with Crippen molar-refractivity contribution in [3.63, 3.8) is 0 Å². The van der Waals surface area contributed by atoms with Gasteiger partial charge in [0.2, 0.25) is 0 Å². The molecule has 1 aliphatic rings. The molecule has 4 nitrogen and oxygen atoms in total. The van der Waals surface area contributed by atoms with E-state index in [4.69, 9.17) is 16.3 Å². The molecule has 20 heavy (non-hydrogen) atoms. The first-order valence-electron chi connectivity index (χ1n) is 6.83. The average Bonchev–Trinajstić information content (AvgIpc) is 2.39. The van der Waals surface area contributed by atoms with Crippen LogP contribution in [0, 0.1) is 0 Å². The second-order valence-electron chi connectivity index (χ2n) is 5.72. The van der Waals surface area contributed by atoms with E-state index < -0.39 is 0 Å². The summed E-state index contributed by atoms with van der Waals surface area (Å²) in [6, 6.07) is 5.79. The van der Waals surface area contributed by atoms with Crippen molar-refractivity contribution in [3.05, 3.63) is 28.8 Å². The second kappa shape index (κ2) is 6.02. The summed E-state index contributed by atoms with van der Waals surface area (Å²) in [5.74, 6) is -0.175. The van der Waals surface area contributed by atoms with E-state index in [1.165, 1.54) is 0 Å². The molecule has 5 heteroatoms. The lowest BCUT2D eigenvalue weighted by Crippen LogP contribution is -2.40. The molecule has 1 atom stereocenters. The first-order valence-corrected chi connectivity index (χ1v) is 7.21. The van der Waals surface area contributed by atoms with Crippen LogP contribution in [0.25, 0.3) is 0 Å². The van der Waals surface area contributed by atoms with E-state index in [0.29, 0.717) is 16.6 Å². The van der Waals surface area contributed by atoms with Gasteiger partial charge < -0.3 is 15.4 Å². The van der Waals surface area contributed by atoms with Gasteiger partial charge in [0.1, 0.15) is 0 Å². The van der Waals surface area contributed by atoms with Crippen LogP contribution in [0.5, 0.6) is 0 Å². The van der Waals surface area contributed by atoms with Crippen LogP contribution in [-0.4, -0.2) is 31.2 Å². The van der Waals surface area contributed by atoms with Gasteiger partial charge in [-0.1, -0.05) is 11.6 Å². The summed E-state index contributed by atoms with van der Waals surface area (Å²) in [6.07, 6.45) is 1.90. The lowest BCUT2D eigenvalue weighted by Gasteiger charge is -2.36. The minimum atomic E-state index is -0.175. The van der Waals surface area contributed by atoms with Crippen LogP contribution in [0.15, 0.2) is 18.2 Å². The lowest BCUT2D eigenvalue weighted by atomic mass is 9.93. The highest BCUT2D eigenvalue weighted by molar-refractivity contribution is 6.34. The van der Waals surface area contributed by atoms with E-state index in [0.717, 1.165) is 25.1 Å². The van der Waals surface area contributed by atoms with Crippen molar-refractivity contribution in [3.8, 4) is 0 Å². The molecule has 0 aliphatic carbocycles. The van der Waals surface area contributed by atoms with Crippen molar-refractivity contribution in [1.29, 1.82) is 0 Å². The van der Waals surface area contributed by atoms with Crippen molar-refractivity contribution >= 4 is 23.2 Å². The number of hydrogen-bond acceptors (Lipinski definition) is 3. The molecule has 0 aromatic heterocycles. The summed E-state index contributed by atoms with van der Waals surface area (Å²) in [7, 11) is 1.60. The Morgan fingerprint density at radius 2 is 2.20 bits per heavy atom. The Labute approximate surface area is 124 Å². The summed E-state index contributed by atoms with van der Waals surface area (Å²) in [4.78, 5) is 11.7. The maximum absolute atomic E-state index is 11.7. The Kier molecular flexibility index (Phi) is 4.55. The van der Waals surface area contributed by atoms with Gasteiger partial charge in [0, 0.05) is 25.4 Å². The Morgan fingerprint density at radius 3 is 2.85 bits per heavy atom. The SMILES string of the molecule is CNC(=O)c1cc(NC2CCOC(C)(C)C2)ccc1Cl. The van der Waals surface area contributed by atoms with Crippen molar-refractivity contribution in [2.45, 2.75) is 38.3 Å². The standard InChI is InChI=1S/C15H21ClN2O2/c1-15(2)9-11(6-7-20-15)18-10-4-5-13(16)12(8-10)14(19)17-3/h4-5,8,11,18H,6-7,9H2,1-3H3,(H,17,19). The Bertz CT molecular complexity index is 503. The molecule has 110 valence electrons. The molecule has 1 aromatic carbocycles. The highest BCUT2D eigenvalue weighted by Gasteiger charge is 2.28. The first kappa shape index (κ1) is 15.1. The number of ether oxygens (including phenoxy) is 1. The van der Waals surface area contributed by atoms with Gasteiger partial charge in [0.05, 0.1) is 16.2 Å². The number of nitrogens with one attached hydrogen (secondary N) is 2. The van der Waals surface area contributed by atoms with E-state index in [-0.39, 0.29) is 11.5 Å². The number of rotatable bonds is 3. The predicted molar refractivity (Wildman–Crippen MR) is 81.5 cm³/mol. The minimum Gasteiger partial charge on any atom is -0.382 e. The van der Waals surface area contributed by atoms with E-state index in [1.807, 2.05) is 6.07 Å². The number of amides is 1. The third-order valence-corrected chi connectivity index (χ3v) is 3.84. The van der Waals surface area contributed by atoms with Crippen LogP contribution >= 0.6 is 11.6 Å². The topological polar surface area (TPSA) is 50.4 Å². The smallest absolute Gasteiger partial charge is 0.252 e. The number of carbonyl (C=O) groups is 1. The summed E-state index contributed by atoms with van der Waals surface area (Å²) >= 11 is 6.05. The maximum Gasteiger partial charge on any atom is 0.252 e. The Balaban J connectivity index is 2.12. The summed E-state index contributed by atoms with van der Waals surface area (Å²) in [5, 5.41) is 6.52. The largest absolute Gasteiger partial charge is 0.382 e. The zero-order valence-electron chi connectivity index (χ0n) is 12.1. The molecule has 2 rings (SSSR count). The summed E-state index contributed by atoms with van der Waals surface area (Å²) < 4.78 is 5.71. The van der Waals surface area contributed by atoms with E-state index in [9.17, 15) is 4.79 Å². The lowest BCUT2D eigenvalue weighted by molar-refractivity contribution is -0.0553. The molecule has 1 unspecified atom stereocenters. The van der Waals surface area contributed by atoms with Gasteiger partial charge in [0.15, 0.2) is 0 Å². The molecule has 1 aromatic rings. The number of benzene rings is 1. The van der Waals surface area contributed by atoms with E-state index in [1.54, 1.807) is 19.2 Å². The molecular weight excluding hydrogens is 276 g/mol. The summed E-state index contributed by atoms with van der Waals surface area (Å²) in [6.45, 7) is 4.94. The van der Waals surface area contributed by atoms with Gasteiger partial charge in [-0.25, -0.2) is 0 Å². The highest BCUT2D eigenvalue weighted by atomic mass is 35.5. The normalized spacial score (nSPS) is 21.3. The van der Waals surface area contributed by atoms with Crippen LogP contribution in [0.3, 0.4) is 0 Å². The van der Waals surface area contributed by atoms with Crippen LogP contribution < -0.4 is 10.6 Å². The van der Waals surface area contributed by atoms with Crippen molar-refractivity contribution in [1.82, 2.24) is 5.32 Å². The number of halogens is 1. The summed E-state index contributed by atoms with van der Waals surface area (Å²) in [5.41, 5.74) is 1.30. The molecular formula is C15H21ClN2O2. The Hall–Kier alpha value is -1.26. The van der Waals surface area contributed by atoms with Crippen LogP contribution in [0.4, 0.5) is 5.69 Å². The molecule has 0 saturated carbocycles. The van der Waals surface area contributed by atoms with Crippen molar-refractivity contribution < 1.29 is 9.53 Å².